The van der Waals surface area contributed by atoms with E-state index in [-0.39, 0.29) is 11.7 Å². The number of benzene rings is 1. The number of ether oxygens (including phenoxy) is 1. The van der Waals surface area contributed by atoms with Crippen LogP contribution in [0.5, 0.6) is 5.75 Å². The maximum Gasteiger partial charge on any atom is 0.214 e. The molecule has 1 aromatic rings. The van der Waals surface area contributed by atoms with Gasteiger partial charge in [0.25, 0.3) is 0 Å². The smallest absolute Gasteiger partial charge is 0.214 e. The molecule has 0 bridgehead atoms. The zero-order valence-electron chi connectivity index (χ0n) is 12.1. The number of hydrogen-bond acceptors (Lipinski definition) is 4. The molecule has 0 spiro atoms. The second-order valence-electron chi connectivity index (χ2n) is 5.76. The van der Waals surface area contributed by atoms with Crippen LogP contribution in [0.2, 0.25) is 0 Å². The Bertz CT molecular complexity index is 582. The SMILES string of the molecule is O=S(=O)(CC1CCNCC1)N1CCOc2ccccc2C1. The molecule has 2 aliphatic heterocycles. The second kappa shape index (κ2) is 6.34. The van der Waals surface area contributed by atoms with E-state index in [4.69, 9.17) is 4.74 Å². The minimum atomic E-state index is -3.22. The van der Waals surface area contributed by atoms with E-state index in [2.05, 4.69) is 5.32 Å². The molecule has 21 heavy (non-hydrogen) atoms. The predicted octanol–water partition coefficient (Wildman–Crippen LogP) is 1.21. The average molecular weight is 310 g/mol. The maximum absolute atomic E-state index is 12.7. The van der Waals surface area contributed by atoms with Gasteiger partial charge in [0, 0.05) is 18.7 Å². The summed E-state index contributed by atoms with van der Waals surface area (Å²) < 4.78 is 32.6. The van der Waals surface area contributed by atoms with Gasteiger partial charge >= 0.3 is 0 Å². The van der Waals surface area contributed by atoms with Gasteiger partial charge in [0.1, 0.15) is 12.4 Å². The second-order valence-corrected chi connectivity index (χ2v) is 7.78. The molecule has 2 heterocycles. The summed E-state index contributed by atoms with van der Waals surface area (Å²) in [5, 5.41) is 3.27. The fraction of sp³-hybridized carbons (Fsp3) is 0.600. The average Bonchev–Trinajstić information content (AvgIpc) is 2.70. The lowest BCUT2D eigenvalue weighted by atomic mass is 10.0. The standard InChI is InChI=1S/C15H22N2O3S/c18-21(19,12-13-5-7-16-8-6-13)17-9-10-20-15-4-2-1-3-14(15)11-17/h1-4,13,16H,5-12H2. The van der Waals surface area contributed by atoms with Gasteiger partial charge in [-0.15, -0.1) is 0 Å². The Hall–Kier alpha value is -1.11. The Balaban J connectivity index is 1.73. The van der Waals surface area contributed by atoms with Crippen LogP contribution < -0.4 is 10.1 Å². The first-order valence-corrected chi connectivity index (χ1v) is 9.15. The van der Waals surface area contributed by atoms with Crippen LogP contribution >= 0.6 is 0 Å². The molecule has 1 aromatic carbocycles. The number of nitrogens with zero attached hydrogens (tertiary/aromatic N) is 1. The Labute approximate surface area is 126 Å². The summed E-state index contributed by atoms with van der Waals surface area (Å²) in [6.07, 6.45) is 1.89. The van der Waals surface area contributed by atoms with Crippen LogP contribution in [0, 0.1) is 5.92 Å². The van der Waals surface area contributed by atoms with Crippen LogP contribution in [0.15, 0.2) is 24.3 Å². The number of hydrogen-bond donors (Lipinski definition) is 1. The van der Waals surface area contributed by atoms with Gasteiger partial charge in [-0.25, -0.2) is 8.42 Å². The quantitative estimate of drug-likeness (QED) is 0.912. The van der Waals surface area contributed by atoms with Crippen molar-refractivity contribution < 1.29 is 13.2 Å². The fourth-order valence-corrected chi connectivity index (χ4v) is 4.82. The molecule has 0 unspecified atom stereocenters. The maximum atomic E-state index is 12.7. The Kier molecular flexibility index (Phi) is 4.47. The molecule has 0 aliphatic carbocycles. The van der Waals surface area contributed by atoms with Crippen LogP contribution in [0.25, 0.3) is 0 Å². The summed E-state index contributed by atoms with van der Waals surface area (Å²) in [4.78, 5) is 0. The largest absolute Gasteiger partial charge is 0.492 e. The van der Waals surface area contributed by atoms with Crippen molar-refractivity contribution in [3.05, 3.63) is 29.8 Å². The molecule has 0 saturated carbocycles. The van der Waals surface area contributed by atoms with Gasteiger partial charge in [0.05, 0.1) is 5.75 Å². The van der Waals surface area contributed by atoms with E-state index in [1.807, 2.05) is 24.3 Å². The number of rotatable bonds is 3. The van der Waals surface area contributed by atoms with Crippen molar-refractivity contribution in [2.75, 3.05) is 32.0 Å². The Morgan fingerprint density at radius 3 is 2.81 bits per heavy atom. The lowest BCUT2D eigenvalue weighted by Crippen LogP contribution is -2.39. The third-order valence-electron chi connectivity index (χ3n) is 4.22. The molecule has 6 heteroatoms. The van der Waals surface area contributed by atoms with Gasteiger partial charge in [-0.1, -0.05) is 18.2 Å². The molecule has 1 fully saturated rings. The first-order valence-electron chi connectivity index (χ1n) is 7.54. The first kappa shape index (κ1) is 14.8. The molecule has 0 atom stereocenters. The zero-order chi connectivity index (χ0) is 14.7. The zero-order valence-corrected chi connectivity index (χ0v) is 12.9. The molecule has 5 nitrogen and oxygen atoms in total. The summed E-state index contributed by atoms with van der Waals surface area (Å²) >= 11 is 0. The third-order valence-corrected chi connectivity index (χ3v) is 6.21. The van der Waals surface area contributed by atoms with Gasteiger partial charge in [0.2, 0.25) is 10.0 Å². The third kappa shape index (κ3) is 3.56. The van der Waals surface area contributed by atoms with Crippen molar-refractivity contribution in [3.63, 3.8) is 0 Å². The van der Waals surface area contributed by atoms with Gasteiger partial charge in [-0.05, 0) is 37.9 Å². The lowest BCUT2D eigenvalue weighted by molar-refractivity contribution is 0.291. The van der Waals surface area contributed by atoms with Crippen molar-refractivity contribution in [3.8, 4) is 5.75 Å². The first-order chi connectivity index (χ1) is 10.1. The van der Waals surface area contributed by atoms with Crippen LogP contribution in [0.1, 0.15) is 18.4 Å². The van der Waals surface area contributed by atoms with E-state index < -0.39 is 10.0 Å². The molecule has 0 radical (unpaired) electrons. The van der Waals surface area contributed by atoms with Crippen LogP contribution in [0.4, 0.5) is 0 Å². The van der Waals surface area contributed by atoms with Crippen molar-refractivity contribution in [2.24, 2.45) is 5.92 Å². The topological polar surface area (TPSA) is 58.6 Å². The van der Waals surface area contributed by atoms with Crippen LogP contribution in [0.3, 0.4) is 0 Å². The molecule has 0 amide bonds. The summed E-state index contributed by atoms with van der Waals surface area (Å²) in [7, 11) is -3.22. The summed E-state index contributed by atoms with van der Waals surface area (Å²) in [5.74, 6) is 1.34. The van der Waals surface area contributed by atoms with Crippen LogP contribution in [-0.2, 0) is 16.6 Å². The number of fused-ring (bicyclic) bond motifs is 1. The van der Waals surface area contributed by atoms with E-state index in [1.165, 1.54) is 0 Å². The summed E-state index contributed by atoms with van der Waals surface area (Å²) in [5.41, 5.74) is 0.948. The number of nitrogens with one attached hydrogen (secondary N) is 1. The Morgan fingerprint density at radius 1 is 1.24 bits per heavy atom. The van der Waals surface area contributed by atoms with E-state index in [0.29, 0.717) is 19.7 Å². The number of sulfonamides is 1. The van der Waals surface area contributed by atoms with Crippen molar-refractivity contribution in [2.45, 2.75) is 19.4 Å². The monoisotopic (exact) mass is 310 g/mol. The van der Waals surface area contributed by atoms with Gasteiger partial charge in [0.15, 0.2) is 0 Å². The van der Waals surface area contributed by atoms with E-state index >= 15 is 0 Å². The van der Waals surface area contributed by atoms with E-state index in [9.17, 15) is 8.42 Å². The predicted molar refractivity (Wildman–Crippen MR) is 81.7 cm³/mol. The molecule has 2 aliphatic rings. The highest BCUT2D eigenvalue weighted by Crippen LogP contribution is 2.25. The van der Waals surface area contributed by atoms with Crippen molar-refractivity contribution in [1.82, 2.24) is 9.62 Å². The fourth-order valence-electron chi connectivity index (χ4n) is 2.99. The van der Waals surface area contributed by atoms with Crippen molar-refractivity contribution >= 4 is 10.0 Å². The molecule has 0 aromatic heterocycles. The molecule has 1 saturated heterocycles. The molecule has 116 valence electrons. The highest BCUT2D eigenvalue weighted by atomic mass is 32.2. The molecule has 3 rings (SSSR count). The molecule has 1 N–H and O–H groups in total. The Morgan fingerprint density at radius 2 is 2.00 bits per heavy atom. The minimum Gasteiger partial charge on any atom is -0.492 e. The normalized spacial score (nSPS) is 21.3. The van der Waals surface area contributed by atoms with E-state index in [0.717, 1.165) is 37.2 Å². The number of para-hydroxylation sites is 1. The molecular weight excluding hydrogens is 288 g/mol. The van der Waals surface area contributed by atoms with Gasteiger partial charge < -0.3 is 10.1 Å². The highest BCUT2D eigenvalue weighted by molar-refractivity contribution is 7.89. The molecular formula is C15H22N2O3S. The van der Waals surface area contributed by atoms with Crippen molar-refractivity contribution in [1.29, 1.82) is 0 Å². The van der Waals surface area contributed by atoms with E-state index in [1.54, 1.807) is 4.31 Å². The van der Waals surface area contributed by atoms with Crippen LogP contribution in [-0.4, -0.2) is 44.7 Å². The summed E-state index contributed by atoms with van der Waals surface area (Å²) in [6, 6.07) is 7.68. The lowest BCUT2D eigenvalue weighted by Gasteiger charge is -2.26. The van der Waals surface area contributed by atoms with Gasteiger partial charge in [-0.3, -0.25) is 0 Å². The van der Waals surface area contributed by atoms with Gasteiger partial charge in [-0.2, -0.15) is 4.31 Å². The minimum absolute atomic E-state index is 0.261. The number of piperidine rings is 1. The highest BCUT2D eigenvalue weighted by Gasteiger charge is 2.29. The summed E-state index contributed by atoms with van der Waals surface area (Å²) in [6.45, 7) is 3.12.